The van der Waals surface area contributed by atoms with Gasteiger partial charge in [-0.25, -0.2) is 0 Å². The minimum absolute atomic E-state index is 0. The van der Waals surface area contributed by atoms with Gasteiger partial charge in [0.2, 0.25) is 0 Å². The fraction of sp³-hybridized carbons (Fsp3) is 0.722. The maximum Gasteiger partial charge on any atom is 0.194 e. The summed E-state index contributed by atoms with van der Waals surface area (Å²) in [6, 6.07) is 3.96. The van der Waals surface area contributed by atoms with Gasteiger partial charge in [0.1, 0.15) is 5.76 Å². The molecule has 1 aliphatic heterocycles. The molecule has 5 nitrogen and oxygen atoms in total. The van der Waals surface area contributed by atoms with Gasteiger partial charge < -0.3 is 19.4 Å². The second kappa shape index (κ2) is 13.7. The monoisotopic (exact) mass is 481 g/mol. The van der Waals surface area contributed by atoms with E-state index in [1.807, 2.05) is 19.1 Å². The summed E-state index contributed by atoms with van der Waals surface area (Å²) < 4.78 is 10.8. The highest BCUT2D eigenvalue weighted by Crippen LogP contribution is 2.21. The molecule has 1 fully saturated rings. The summed E-state index contributed by atoms with van der Waals surface area (Å²) in [6.07, 6.45) is 4.79. The summed E-state index contributed by atoms with van der Waals surface area (Å²) in [4.78, 5) is 7.23. The normalized spacial score (nSPS) is 18.1. The largest absolute Gasteiger partial charge is 0.469 e. The molecule has 1 aliphatic rings. The Kier molecular flexibility index (Phi) is 12.4. The quantitative estimate of drug-likeness (QED) is 0.253. The van der Waals surface area contributed by atoms with Gasteiger partial charge in [0.15, 0.2) is 5.96 Å². The van der Waals surface area contributed by atoms with Crippen molar-refractivity contribution in [3.63, 3.8) is 0 Å². The first kappa shape index (κ1) is 22.6. The van der Waals surface area contributed by atoms with E-state index in [4.69, 9.17) is 14.1 Å². The van der Waals surface area contributed by atoms with Crippen LogP contribution in [0.5, 0.6) is 0 Å². The van der Waals surface area contributed by atoms with Crippen molar-refractivity contribution in [3.8, 4) is 0 Å². The molecule has 1 saturated heterocycles. The number of guanidine groups is 1. The van der Waals surface area contributed by atoms with Gasteiger partial charge in [-0.15, -0.1) is 24.0 Å². The van der Waals surface area contributed by atoms with Gasteiger partial charge >= 0.3 is 0 Å². The van der Waals surface area contributed by atoms with Crippen molar-refractivity contribution < 1.29 is 9.15 Å². The van der Waals surface area contributed by atoms with E-state index in [1.165, 1.54) is 12.2 Å². The molecule has 7 heteroatoms. The average molecular weight is 481 g/mol. The molecule has 0 aromatic carbocycles. The molecule has 0 radical (unpaired) electrons. The predicted octanol–water partition coefficient (Wildman–Crippen LogP) is 3.64. The van der Waals surface area contributed by atoms with Crippen molar-refractivity contribution in [2.45, 2.75) is 38.4 Å². The topological polar surface area (TPSA) is 50.0 Å². The van der Waals surface area contributed by atoms with Gasteiger partial charge in [-0.3, -0.25) is 4.99 Å². The number of nitrogens with zero attached hydrogens (tertiary/aromatic N) is 2. The van der Waals surface area contributed by atoms with Gasteiger partial charge in [0.25, 0.3) is 0 Å². The van der Waals surface area contributed by atoms with Crippen LogP contribution in [0, 0.1) is 0 Å². The third-order valence-electron chi connectivity index (χ3n) is 4.04. The highest BCUT2D eigenvalue weighted by molar-refractivity contribution is 14.0. The van der Waals surface area contributed by atoms with Gasteiger partial charge in [-0.2, -0.15) is 11.8 Å². The first-order chi connectivity index (χ1) is 11.8. The van der Waals surface area contributed by atoms with Crippen LogP contribution < -0.4 is 5.32 Å². The Morgan fingerprint density at radius 3 is 3.08 bits per heavy atom. The van der Waals surface area contributed by atoms with Gasteiger partial charge in [0.05, 0.1) is 6.26 Å². The van der Waals surface area contributed by atoms with Crippen LogP contribution in [-0.4, -0.2) is 61.3 Å². The molecule has 1 aromatic rings. The predicted molar refractivity (Wildman–Crippen MR) is 117 cm³/mol. The standard InChI is InChI=1S/C18H31N3O2S.HI/c1-3-17-15-21(11-14-24-17)18(19-9-6-12-22-4-2)20-10-8-16-7-5-13-23-16;/h5,7,13,17H,3-4,6,8-12,14-15H2,1-2H3,(H,19,20);1H. The Morgan fingerprint density at radius 1 is 1.48 bits per heavy atom. The van der Waals surface area contributed by atoms with Gasteiger partial charge in [-0.05, 0) is 31.9 Å². The number of aliphatic imine (C=N–C) groups is 1. The Labute approximate surface area is 173 Å². The number of thioether (sulfide) groups is 1. The Balaban J connectivity index is 0.00000312. The Hall–Kier alpha value is -0.410. The molecular formula is C18H32IN3O2S. The highest BCUT2D eigenvalue weighted by atomic mass is 127. The number of hydrogen-bond acceptors (Lipinski definition) is 4. The van der Waals surface area contributed by atoms with Crippen molar-refractivity contribution in [1.29, 1.82) is 0 Å². The van der Waals surface area contributed by atoms with E-state index in [1.54, 1.807) is 6.26 Å². The fourth-order valence-electron chi connectivity index (χ4n) is 2.67. The van der Waals surface area contributed by atoms with Crippen molar-refractivity contribution in [2.75, 3.05) is 45.1 Å². The lowest BCUT2D eigenvalue weighted by atomic mass is 10.3. The smallest absolute Gasteiger partial charge is 0.194 e. The third kappa shape index (κ3) is 8.68. The van der Waals surface area contributed by atoms with Crippen LogP contribution in [-0.2, 0) is 11.2 Å². The lowest BCUT2D eigenvalue weighted by Crippen LogP contribution is -2.48. The van der Waals surface area contributed by atoms with Gasteiger partial charge in [-0.1, -0.05) is 6.92 Å². The van der Waals surface area contributed by atoms with Crippen LogP contribution in [0.4, 0.5) is 0 Å². The van der Waals surface area contributed by atoms with Crippen LogP contribution in [0.1, 0.15) is 32.4 Å². The number of furan rings is 1. The summed E-state index contributed by atoms with van der Waals surface area (Å²) in [5, 5.41) is 4.24. The van der Waals surface area contributed by atoms with Crippen molar-refractivity contribution >= 4 is 41.7 Å². The lowest BCUT2D eigenvalue weighted by molar-refractivity contribution is 0.146. The number of nitrogens with one attached hydrogen (secondary N) is 1. The first-order valence-electron chi connectivity index (χ1n) is 9.08. The second-order valence-electron chi connectivity index (χ2n) is 5.86. The van der Waals surface area contributed by atoms with Crippen LogP contribution in [0.15, 0.2) is 27.8 Å². The lowest BCUT2D eigenvalue weighted by Gasteiger charge is -2.34. The summed E-state index contributed by atoms with van der Waals surface area (Å²) in [5.41, 5.74) is 0. The van der Waals surface area contributed by atoms with E-state index in [2.05, 4.69) is 28.9 Å². The van der Waals surface area contributed by atoms with Crippen LogP contribution in [0.3, 0.4) is 0 Å². The van der Waals surface area contributed by atoms with Crippen LogP contribution in [0.2, 0.25) is 0 Å². The molecular weight excluding hydrogens is 449 g/mol. The van der Waals surface area contributed by atoms with Gasteiger partial charge in [0, 0.05) is 56.8 Å². The van der Waals surface area contributed by atoms with E-state index in [0.717, 1.165) is 64.0 Å². The zero-order chi connectivity index (χ0) is 17.0. The minimum Gasteiger partial charge on any atom is -0.469 e. The molecule has 1 unspecified atom stereocenters. The molecule has 2 rings (SSSR count). The molecule has 144 valence electrons. The number of ether oxygens (including phenoxy) is 1. The fourth-order valence-corrected chi connectivity index (χ4v) is 3.85. The maximum atomic E-state index is 5.41. The molecule has 0 spiro atoms. The maximum absolute atomic E-state index is 5.41. The van der Waals surface area contributed by atoms with Crippen molar-refractivity contribution in [3.05, 3.63) is 24.2 Å². The third-order valence-corrected chi connectivity index (χ3v) is 5.41. The number of halogens is 1. The molecule has 0 aliphatic carbocycles. The van der Waals surface area contributed by atoms with Crippen molar-refractivity contribution in [2.24, 2.45) is 4.99 Å². The summed E-state index contributed by atoms with van der Waals surface area (Å²) in [6.45, 7) is 9.67. The molecule has 0 saturated carbocycles. The molecule has 1 atom stereocenters. The number of hydrogen-bond donors (Lipinski definition) is 1. The molecule has 0 amide bonds. The second-order valence-corrected chi connectivity index (χ2v) is 7.27. The van der Waals surface area contributed by atoms with E-state index in [0.29, 0.717) is 5.25 Å². The molecule has 2 heterocycles. The zero-order valence-corrected chi connectivity index (χ0v) is 18.6. The first-order valence-corrected chi connectivity index (χ1v) is 10.1. The molecule has 1 aromatic heterocycles. The summed E-state index contributed by atoms with van der Waals surface area (Å²) in [7, 11) is 0. The minimum atomic E-state index is 0. The molecule has 0 bridgehead atoms. The average Bonchev–Trinajstić information content (AvgIpc) is 3.13. The Morgan fingerprint density at radius 2 is 2.36 bits per heavy atom. The molecule has 25 heavy (non-hydrogen) atoms. The highest BCUT2D eigenvalue weighted by Gasteiger charge is 2.21. The summed E-state index contributed by atoms with van der Waals surface area (Å²) in [5.74, 6) is 3.23. The summed E-state index contributed by atoms with van der Waals surface area (Å²) >= 11 is 2.08. The van der Waals surface area contributed by atoms with E-state index in [-0.39, 0.29) is 24.0 Å². The SMILES string of the molecule is CCOCCCN=C(NCCc1ccco1)N1CCSC(CC)C1.I. The van der Waals surface area contributed by atoms with Crippen molar-refractivity contribution in [1.82, 2.24) is 10.2 Å². The zero-order valence-electron chi connectivity index (χ0n) is 15.4. The Bertz CT molecular complexity index is 471. The number of rotatable bonds is 9. The van der Waals surface area contributed by atoms with Crippen LogP contribution >= 0.6 is 35.7 Å². The molecule has 1 N–H and O–H groups in total. The van der Waals surface area contributed by atoms with E-state index in [9.17, 15) is 0 Å². The van der Waals surface area contributed by atoms with E-state index < -0.39 is 0 Å². The van der Waals surface area contributed by atoms with Crippen LogP contribution in [0.25, 0.3) is 0 Å². The van der Waals surface area contributed by atoms with E-state index >= 15 is 0 Å².